The van der Waals surface area contributed by atoms with Gasteiger partial charge in [0.2, 0.25) is 0 Å². The SMILES string of the molecule is C/C=C/C(=O)OC1C(C)C2(O)C(C3OC3(CO)C(O)C3(O)C(=O)C(C)=CC32)C2C(C)(C)C12OC(=O)C(C)CC. The van der Waals surface area contributed by atoms with E-state index in [4.69, 9.17) is 14.2 Å². The minimum atomic E-state index is -2.48. The zero-order valence-corrected chi connectivity index (χ0v) is 23.5. The van der Waals surface area contributed by atoms with E-state index >= 15 is 0 Å². The lowest BCUT2D eigenvalue weighted by Crippen LogP contribution is -2.69. The monoisotopic (exact) mass is 548 g/mol. The molecule has 4 N–H and O–H groups in total. The molecular weight excluding hydrogens is 508 g/mol. The van der Waals surface area contributed by atoms with Crippen molar-refractivity contribution in [2.45, 2.75) is 95.6 Å². The minimum Gasteiger partial charge on any atom is -0.455 e. The van der Waals surface area contributed by atoms with Gasteiger partial charge in [0.1, 0.15) is 17.8 Å². The summed E-state index contributed by atoms with van der Waals surface area (Å²) in [7, 11) is 0. The second-order valence-corrected chi connectivity index (χ2v) is 12.8. The van der Waals surface area contributed by atoms with E-state index in [1.165, 1.54) is 25.2 Å². The van der Waals surface area contributed by atoms with Crippen LogP contribution in [0.2, 0.25) is 0 Å². The van der Waals surface area contributed by atoms with Crippen molar-refractivity contribution in [3.05, 3.63) is 23.8 Å². The highest BCUT2D eigenvalue weighted by Gasteiger charge is 2.93. The first-order valence-electron chi connectivity index (χ1n) is 13.8. The highest BCUT2D eigenvalue weighted by Crippen LogP contribution is 2.79. The summed E-state index contributed by atoms with van der Waals surface area (Å²) in [6.45, 7) is 11.4. The predicted molar refractivity (Wildman–Crippen MR) is 136 cm³/mol. The lowest BCUT2D eigenvalue weighted by atomic mass is 9.58. The van der Waals surface area contributed by atoms with Gasteiger partial charge in [-0.25, -0.2) is 4.79 Å². The van der Waals surface area contributed by atoms with Gasteiger partial charge in [-0.15, -0.1) is 0 Å². The molecule has 0 aromatic rings. The lowest BCUT2D eigenvalue weighted by molar-refractivity contribution is -0.244. The summed E-state index contributed by atoms with van der Waals surface area (Å²) in [4.78, 5) is 39.5. The number of aliphatic hydroxyl groups is 4. The van der Waals surface area contributed by atoms with Crippen LogP contribution in [0.4, 0.5) is 0 Å². The molecule has 0 radical (unpaired) electrons. The number of ether oxygens (including phenoxy) is 3. The zero-order valence-electron chi connectivity index (χ0n) is 23.5. The third-order valence-corrected chi connectivity index (χ3v) is 10.8. The van der Waals surface area contributed by atoms with Crippen LogP contribution < -0.4 is 0 Å². The van der Waals surface area contributed by atoms with E-state index in [9.17, 15) is 34.8 Å². The molecule has 0 spiro atoms. The second-order valence-electron chi connectivity index (χ2n) is 12.8. The Kier molecular flexibility index (Phi) is 6.16. The Morgan fingerprint density at radius 2 is 1.90 bits per heavy atom. The Morgan fingerprint density at radius 1 is 1.26 bits per heavy atom. The van der Waals surface area contributed by atoms with E-state index in [-0.39, 0.29) is 5.57 Å². The number of rotatable bonds is 6. The summed E-state index contributed by atoms with van der Waals surface area (Å²) in [5.74, 6) is -6.19. The van der Waals surface area contributed by atoms with Gasteiger partial charge in [-0.2, -0.15) is 0 Å². The van der Waals surface area contributed by atoms with Crippen LogP contribution in [-0.2, 0) is 28.6 Å². The quantitative estimate of drug-likeness (QED) is 0.212. The average Bonchev–Trinajstić information content (AvgIpc) is 3.71. The Labute approximate surface area is 228 Å². The fraction of sp³-hybridized carbons (Fsp3) is 0.759. The molecule has 12 unspecified atom stereocenters. The van der Waals surface area contributed by atoms with Crippen molar-refractivity contribution in [3.8, 4) is 0 Å². The number of allylic oxidation sites excluding steroid dienone is 1. The van der Waals surface area contributed by atoms with Gasteiger partial charge in [0.25, 0.3) is 0 Å². The number of ketones is 1. The number of fused-ring (bicyclic) bond motifs is 7. The van der Waals surface area contributed by atoms with Crippen LogP contribution in [0.3, 0.4) is 0 Å². The van der Waals surface area contributed by atoms with Crippen LogP contribution in [0.1, 0.15) is 54.9 Å². The van der Waals surface area contributed by atoms with Crippen molar-refractivity contribution >= 4 is 17.7 Å². The summed E-state index contributed by atoms with van der Waals surface area (Å²) in [6, 6.07) is 0. The predicted octanol–water partition coefficient (Wildman–Crippen LogP) is 0.836. The van der Waals surface area contributed by atoms with Gasteiger partial charge in [-0.3, -0.25) is 9.59 Å². The van der Waals surface area contributed by atoms with Crippen LogP contribution in [0.15, 0.2) is 23.8 Å². The van der Waals surface area contributed by atoms with Crippen molar-refractivity contribution in [2.24, 2.45) is 35.0 Å². The number of Topliss-reactive ketones (excluding diaryl/α,β-unsaturated/α-hetero) is 1. The molecule has 4 fully saturated rings. The molecule has 216 valence electrons. The summed E-state index contributed by atoms with van der Waals surface area (Å²) in [6.07, 6.45) is 0.785. The number of carbonyl (C=O) groups is 3. The van der Waals surface area contributed by atoms with Gasteiger partial charge in [0.15, 0.2) is 17.0 Å². The molecule has 39 heavy (non-hydrogen) atoms. The van der Waals surface area contributed by atoms with Gasteiger partial charge in [0.05, 0.1) is 24.2 Å². The number of hydrogen-bond donors (Lipinski definition) is 4. The highest BCUT2D eigenvalue weighted by atomic mass is 16.6. The van der Waals surface area contributed by atoms with Crippen LogP contribution in [0.25, 0.3) is 0 Å². The van der Waals surface area contributed by atoms with Gasteiger partial charge in [0, 0.05) is 35.2 Å². The molecule has 5 aliphatic rings. The molecule has 10 nitrogen and oxygen atoms in total. The first kappa shape index (κ1) is 28.4. The van der Waals surface area contributed by atoms with E-state index in [1.54, 1.807) is 20.8 Å². The number of epoxide rings is 1. The molecule has 0 amide bonds. The molecule has 1 saturated heterocycles. The summed E-state index contributed by atoms with van der Waals surface area (Å²) >= 11 is 0. The van der Waals surface area contributed by atoms with Crippen LogP contribution in [-0.4, -0.2) is 85.5 Å². The van der Waals surface area contributed by atoms with Gasteiger partial charge < -0.3 is 34.6 Å². The van der Waals surface area contributed by atoms with E-state index in [0.29, 0.717) is 6.42 Å². The Morgan fingerprint density at radius 3 is 2.46 bits per heavy atom. The third kappa shape index (κ3) is 3.12. The smallest absolute Gasteiger partial charge is 0.330 e. The van der Waals surface area contributed by atoms with Gasteiger partial charge >= 0.3 is 11.9 Å². The molecular formula is C29H40O10. The van der Waals surface area contributed by atoms with Crippen LogP contribution >= 0.6 is 0 Å². The molecule has 3 saturated carbocycles. The molecule has 4 aliphatic carbocycles. The fourth-order valence-electron chi connectivity index (χ4n) is 8.40. The molecule has 10 heteroatoms. The molecule has 0 bridgehead atoms. The molecule has 1 heterocycles. The first-order valence-corrected chi connectivity index (χ1v) is 13.8. The van der Waals surface area contributed by atoms with Crippen LogP contribution in [0, 0.1) is 35.0 Å². The Bertz CT molecular complexity index is 1170. The van der Waals surface area contributed by atoms with Crippen molar-refractivity contribution in [1.29, 1.82) is 0 Å². The first-order chi connectivity index (χ1) is 18.1. The van der Waals surface area contributed by atoms with E-state index < -0.39 is 100 Å². The fourth-order valence-corrected chi connectivity index (χ4v) is 8.40. The lowest BCUT2D eigenvalue weighted by Gasteiger charge is -2.53. The maximum Gasteiger partial charge on any atom is 0.330 e. The Balaban J connectivity index is 1.74. The minimum absolute atomic E-state index is 0.158. The molecule has 12 atom stereocenters. The van der Waals surface area contributed by atoms with E-state index in [0.717, 1.165) is 0 Å². The second kappa shape index (κ2) is 8.45. The van der Waals surface area contributed by atoms with Crippen molar-refractivity contribution < 1.29 is 49.0 Å². The molecule has 0 aromatic heterocycles. The van der Waals surface area contributed by atoms with Crippen LogP contribution in [0.5, 0.6) is 0 Å². The number of hydrogen-bond acceptors (Lipinski definition) is 10. The van der Waals surface area contributed by atoms with E-state index in [1.807, 2.05) is 20.8 Å². The van der Waals surface area contributed by atoms with Crippen molar-refractivity contribution in [2.75, 3.05) is 6.61 Å². The maximum absolute atomic E-state index is 13.4. The average molecular weight is 549 g/mol. The van der Waals surface area contributed by atoms with Gasteiger partial charge in [-0.05, 0) is 25.8 Å². The number of carbonyl (C=O) groups excluding carboxylic acids is 3. The van der Waals surface area contributed by atoms with E-state index in [2.05, 4.69) is 0 Å². The third-order valence-electron chi connectivity index (χ3n) is 10.8. The molecule has 5 rings (SSSR count). The summed E-state index contributed by atoms with van der Waals surface area (Å²) < 4.78 is 18.2. The number of aliphatic hydroxyl groups excluding tert-OH is 2. The molecule has 1 aliphatic heterocycles. The van der Waals surface area contributed by atoms with Crippen molar-refractivity contribution in [1.82, 2.24) is 0 Å². The molecule has 0 aromatic carbocycles. The highest BCUT2D eigenvalue weighted by molar-refractivity contribution is 6.05. The topological polar surface area (TPSA) is 163 Å². The number of esters is 2. The maximum atomic E-state index is 13.4. The standard InChI is InChI=1S/C29H40O10/c1-8-10-17(31)37-21-15(5)27(35)16-11-14(4)20(32)28(16,36)24(34)26(12-30)22(38-26)18(27)19-25(6,7)29(19,21)39-23(33)13(3)9-2/h8,10-11,13,15-16,18-19,21-22,24,30,34-36H,9,12H2,1-7H3/b10-8+. The Hall–Kier alpha value is -2.11. The largest absolute Gasteiger partial charge is 0.455 e. The van der Waals surface area contributed by atoms with Gasteiger partial charge in [-0.1, -0.05) is 46.8 Å². The summed E-state index contributed by atoms with van der Waals surface area (Å²) in [5, 5.41) is 46.6. The van der Waals surface area contributed by atoms with Crippen molar-refractivity contribution in [3.63, 3.8) is 0 Å². The normalized spacial score (nSPS) is 49.6. The zero-order chi connectivity index (χ0) is 29.1. The summed E-state index contributed by atoms with van der Waals surface area (Å²) in [5.41, 5.74) is -8.18.